The Morgan fingerprint density at radius 3 is 2.45 bits per heavy atom. The lowest BCUT2D eigenvalue weighted by Crippen LogP contribution is -2.50. The van der Waals surface area contributed by atoms with Crippen molar-refractivity contribution >= 4 is 29.0 Å². The maximum Gasteiger partial charge on any atom is 0.138 e. The number of ketones is 1. The largest absolute Gasteiger partial charge is 0.391 e. The van der Waals surface area contributed by atoms with E-state index in [2.05, 4.69) is 0 Å². The van der Waals surface area contributed by atoms with Gasteiger partial charge in [-0.3, -0.25) is 4.79 Å². The summed E-state index contributed by atoms with van der Waals surface area (Å²) in [5, 5.41) is 11.8. The molecule has 2 nitrogen and oxygen atoms in total. The van der Waals surface area contributed by atoms with Crippen molar-refractivity contribution in [3.05, 3.63) is 33.8 Å². The molecule has 0 spiro atoms. The molecule has 0 heterocycles. The molecule has 2 saturated carbocycles. The summed E-state index contributed by atoms with van der Waals surface area (Å²) in [7, 11) is 0. The van der Waals surface area contributed by atoms with E-state index in [0.29, 0.717) is 16.5 Å². The van der Waals surface area contributed by atoms with E-state index in [1.807, 2.05) is 12.1 Å². The Morgan fingerprint density at radius 1 is 1.20 bits per heavy atom. The molecule has 20 heavy (non-hydrogen) atoms. The number of Topliss-reactive ketones (excluding diaryl/α,β-unsaturated/α-hetero) is 1. The Hall–Kier alpha value is -0.570. The fraction of sp³-hybridized carbons (Fsp3) is 0.562. The lowest BCUT2D eigenvalue weighted by atomic mass is 9.58. The van der Waals surface area contributed by atoms with Gasteiger partial charge in [-0.05, 0) is 43.4 Å². The smallest absolute Gasteiger partial charge is 0.138 e. The highest BCUT2D eigenvalue weighted by Gasteiger charge is 2.50. The minimum absolute atomic E-state index is 0.204. The van der Waals surface area contributed by atoms with Gasteiger partial charge >= 0.3 is 0 Å². The first kappa shape index (κ1) is 14.4. The summed E-state index contributed by atoms with van der Waals surface area (Å²) in [5.74, 6) is 0.00795. The molecule has 4 heteroatoms. The fourth-order valence-corrected chi connectivity index (χ4v) is 3.98. The van der Waals surface area contributed by atoms with E-state index in [4.69, 9.17) is 23.2 Å². The molecular weight excluding hydrogens is 295 g/mol. The monoisotopic (exact) mass is 312 g/mol. The highest BCUT2D eigenvalue weighted by molar-refractivity contribution is 6.42. The van der Waals surface area contributed by atoms with Gasteiger partial charge in [0.25, 0.3) is 0 Å². The van der Waals surface area contributed by atoms with Crippen LogP contribution in [0.4, 0.5) is 0 Å². The van der Waals surface area contributed by atoms with Gasteiger partial charge in [-0.2, -0.15) is 0 Å². The quantitative estimate of drug-likeness (QED) is 0.910. The molecule has 0 amide bonds. The Labute approximate surface area is 129 Å². The number of aliphatic hydroxyl groups excluding tert-OH is 1. The van der Waals surface area contributed by atoms with Gasteiger partial charge < -0.3 is 5.11 Å². The summed E-state index contributed by atoms with van der Waals surface area (Å²) < 4.78 is 0. The van der Waals surface area contributed by atoms with Crippen LogP contribution in [0, 0.1) is 5.92 Å². The molecule has 2 atom stereocenters. The second-order valence-corrected chi connectivity index (χ2v) is 6.86. The first-order valence-electron chi connectivity index (χ1n) is 7.21. The number of carbonyl (C=O) groups excluding carboxylic acids is 1. The Bertz CT molecular complexity index is 537. The van der Waals surface area contributed by atoms with Gasteiger partial charge in [0.1, 0.15) is 5.78 Å². The zero-order valence-electron chi connectivity index (χ0n) is 11.2. The zero-order chi connectivity index (χ0) is 14.3. The number of rotatable bonds is 3. The van der Waals surface area contributed by atoms with Crippen molar-refractivity contribution in [1.82, 2.24) is 0 Å². The molecule has 1 aromatic rings. The number of hydrogen-bond donors (Lipinski definition) is 1. The van der Waals surface area contributed by atoms with Crippen LogP contribution in [0.2, 0.25) is 10.0 Å². The molecule has 2 aliphatic carbocycles. The molecule has 1 aromatic carbocycles. The van der Waals surface area contributed by atoms with E-state index in [1.165, 1.54) is 0 Å². The predicted octanol–water partition coefficient (Wildman–Crippen LogP) is 4.15. The average molecular weight is 313 g/mol. The Morgan fingerprint density at radius 2 is 1.95 bits per heavy atom. The van der Waals surface area contributed by atoms with Crippen LogP contribution in [-0.2, 0) is 10.2 Å². The topological polar surface area (TPSA) is 37.3 Å². The van der Waals surface area contributed by atoms with Crippen LogP contribution in [0.15, 0.2) is 18.2 Å². The summed E-state index contributed by atoms with van der Waals surface area (Å²) in [6, 6.07) is 5.57. The van der Waals surface area contributed by atoms with Gasteiger partial charge in [-0.25, -0.2) is 0 Å². The van der Waals surface area contributed by atoms with E-state index in [-0.39, 0.29) is 17.1 Å². The number of benzene rings is 1. The summed E-state index contributed by atoms with van der Waals surface area (Å²) in [6.07, 6.45) is 4.63. The molecule has 1 N–H and O–H groups in total. The van der Waals surface area contributed by atoms with Crippen molar-refractivity contribution in [2.75, 3.05) is 0 Å². The first-order valence-corrected chi connectivity index (χ1v) is 7.96. The molecular formula is C16H18Cl2O2. The molecule has 2 aliphatic rings. The van der Waals surface area contributed by atoms with Gasteiger partial charge in [0, 0.05) is 17.8 Å². The van der Waals surface area contributed by atoms with Gasteiger partial charge in [-0.1, -0.05) is 35.7 Å². The van der Waals surface area contributed by atoms with Crippen LogP contribution in [0.5, 0.6) is 0 Å². The van der Waals surface area contributed by atoms with Crippen molar-refractivity contribution in [3.63, 3.8) is 0 Å². The van der Waals surface area contributed by atoms with Crippen molar-refractivity contribution in [2.45, 2.75) is 50.0 Å². The summed E-state index contributed by atoms with van der Waals surface area (Å²) in [6.45, 7) is 0. The number of halogens is 2. The maximum absolute atomic E-state index is 11.9. The Kier molecular flexibility index (Phi) is 3.83. The third kappa shape index (κ3) is 2.18. The van der Waals surface area contributed by atoms with E-state index >= 15 is 0 Å². The first-order chi connectivity index (χ1) is 9.54. The number of hydrogen-bond acceptors (Lipinski definition) is 2. The molecule has 0 aliphatic heterocycles. The normalized spacial score (nSPS) is 26.4. The molecule has 108 valence electrons. The third-order valence-corrected chi connectivity index (χ3v) is 5.78. The van der Waals surface area contributed by atoms with Crippen molar-refractivity contribution < 1.29 is 9.90 Å². The highest BCUT2D eigenvalue weighted by atomic mass is 35.5. The lowest BCUT2D eigenvalue weighted by molar-refractivity contribution is -0.127. The van der Waals surface area contributed by atoms with E-state index < -0.39 is 6.10 Å². The van der Waals surface area contributed by atoms with Crippen molar-refractivity contribution in [1.29, 1.82) is 0 Å². The fourth-order valence-electron chi connectivity index (χ4n) is 3.68. The van der Waals surface area contributed by atoms with Crippen LogP contribution >= 0.6 is 23.2 Å². The SMILES string of the molecule is O=C1CCCC1[C@H](O)C1(c2ccc(Cl)c(Cl)c2)CCC1. The number of carbonyl (C=O) groups is 1. The van der Waals surface area contributed by atoms with E-state index in [9.17, 15) is 9.90 Å². The molecule has 1 unspecified atom stereocenters. The second kappa shape index (κ2) is 5.32. The minimum Gasteiger partial charge on any atom is -0.391 e. The predicted molar refractivity (Wildman–Crippen MR) is 80.3 cm³/mol. The Balaban J connectivity index is 1.94. The highest BCUT2D eigenvalue weighted by Crippen LogP contribution is 2.50. The summed E-state index contributed by atoms with van der Waals surface area (Å²) in [5.41, 5.74) is 0.712. The van der Waals surface area contributed by atoms with Gasteiger partial charge in [0.2, 0.25) is 0 Å². The van der Waals surface area contributed by atoms with Gasteiger partial charge in [0.15, 0.2) is 0 Å². The lowest BCUT2D eigenvalue weighted by Gasteiger charge is -2.48. The second-order valence-electron chi connectivity index (χ2n) is 6.05. The van der Waals surface area contributed by atoms with Crippen LogP contribution < -0.4 is 0 Å². The molecule has 0 radical (unpaired) electrons. The molecule has 0 bridgehead atoms. The van der Waals surface area contributed by atoms with E-state index in [0.717, 1.165) is 37.7 Å². The van der Waals surface area contributed by atoms with Crippen LogP contribution in [0.3, 0.4) is 0 Å². The summed E-state index contributed by atoms with van der Waals surface area (Å²) in [4.78, 5) is 11.9. The summed E-state index contributed by atoms with van der Waals surface area (Å²) >= 11 is 12.1. The zero-order valence-corrected chi connectivity index (χ0v) is 12.8. The third-order valence-electron chi connectivity index (χ3n) is 5.04. The minimum atomic E-state index is -0.594. The van der Waals surface area contributed by atoms with Crippen LogP contribution in [0.25, 0.3) is 0 Å². The maximum atomic E-state index is 11.9. The standard InChI is InChI=1S/C16H18Cl2O2/c17-12-6-5-10(9-13(12)18)16(7-2-8-16)15(20)11-3-1-4-14(11)19/h5-6,9,11,15,20H,1-4,7-8H2/t11?,15-/m0/s1. The van der Waals surface area contributed by atoms with E-state index in [1.54, 1.807) is 6.07 Å². The van der Waals surface area contributed by atoms with Crippen LogP contribution in [0.1, 0.15) is 44.1 Å². The molecule has 0 saturated heterocycles. The molecule has 2 fully saturated rings. The average Bonchev–Trinajstić information content (AvgIpc) is 2.78. The molecule has 0 aromatic heterocycles. The molecule has 3 rings (SSSR count). The van der Waals surface area contributed by atoms with Crippen LogP contribution in [-0.4, -0.2) is 17.0 Å². The van der Waals surface area contributed by atoms with Crippen molar-refractivity contribution in [3.8, 4) is 0 Å². The van der Waals surface area contributed by atoms with Crippen molar-refractivity contribution in [2.24, 2.45) is 5.92 Å². The van der Waals surface area contributed by atoms with Gasteiger partial charge in [0.05, 0.1) is 16.1 Å². The number of aliphatic hydroxyl groups is 1. The van der Waals surface area contributed by atoms with Gasteiger partial charge in [-0.15, -0.1) is 0 Å².